The van der Waals surface area contributed by atoms with Crippen LogP contribution in [0.4, 0.5) is 0 Å². The topological polar surface area (TPSA) is 97.2 Å². The van der Waals surface area contributed by atoms with E-state index in [1.165, 1.54) is 0 Å². The predicted molar refractivity (Wildman–Crippen MR) is 42.1 cm³/mol. The number of nitrogens with zero attached hydrogens (tertiary/aromatic N) is 2. The molecule has 0 radical (unpaired) electrons. The van der Waals surface area contributed by atoms with Crippen LogP contribution in [0.5, 0.6) is 0 Å². The van der Waals surface area contributed by atoms with Gasteiger partial charge in [-0.05, 0) is 0 Å². The standard InChI is InChI=1S/C6H6N2O4S/c1-13(11,12)5-2-4(6(9)10)7-3-8-5/h2-3H,1H3,(H,9,10). The number of carboxylic acid groups (broad SMARTS) is 1. The molecule has 1 rings (SSSR count). The van der Waals surface area contributed by atoms with Crippen molar-refractivity contribution in [2.24, 2.45) is 0 Å². The number of hydrogen-bond donors (Lipinski definition) is 1. The van der Waals surface area contributed by atoms with Crippen molar-refractivity contribution in [3.8, 4) is 0 Å². The molecule has 13 heavy (non-hydrogen) atoms. The molecule has 1 aromatic heterocycles. The molecule has 1 heterocycles. The van der Waals surface area contributed by atoms with Crippen molar-refractivity contribution in [1.29, 1.82) is 0 Å². The Labute approximate surface area is 74.2 Å². The third-order valence-corrected chi connectivity index (χ3v) is 2.22. The molecule has 0 amide bonds. The Morgan fingerprint density at radius 3 is 2.54 bits per heavy atom. The summed E-state index contributed by atoms with van der Waals surface area (Å²) in [7, 11) is -3.47. The number of hydrogen-bond acceptors (Lipinski definition) is 5. The molecule has 0 fully saturated rings. The van der Waals surface area contributed by atoms with E-state index < -0.39 is 15.8 Å². The van der Waals surface area contributed by atoms with Gasteiger partial charge in [0.2, 0.25) is 0 Å². The Hall–Kier alpha value is -1.50. The SMILES string of the molecule is CS(=O)(=O)c1cc(C(=O)O)ncn1. The van der Waals surface area contributed by atoms with Gasteiger partial charge in [0.15, 0.2) is 20.6 Å². The Morgan fingerprint density at radius 1 is 1.46 bits per heavy atom. The fourth-order valence-corrected chi connectivity index (χ4v) is 1.22. The molecule has 0 aliphatic heterocycles. The van der Waals surface area contributed by atoms with Gasteiger partial charge in [0.25, 0.3) is 0 Å². The van der Waals surface area contributed by atoms with Crippen LogP contribution in [0.3, 0.4) is 0 Å². The first kappa shape index (κ1) is 9.59. The molecular weight excluding hydrogens is 196 g/mol. The van der Waals surface area contributed by atoms with Gasteiger partial charge in [-0.15, -0.1) is 0 Å². The van der Waals surface area contributed by atoms with Crippen molar-refractivity contribution in [3.63, 3.8) is 0 Å². The summed E-state index contributed by atoms with van der Waals surface area (Å²) in [6.45, 7) is 0. The molecule has 0 aliphatic rings. The van der Waals surface area contributed by atoms with Crippen molar-refractivity contribution in [2.45, 2.75) is 5.03 Å². The lowest BCUT2D eigenvalue weighted by Crippen LogP contribution is -2.06. The number of carbonyl (C=O) groups is 1. The molecule has 1 aromatic rings. The van der Waals surface area contributed by atoms with Crippen LogP contribution in [-0.2, 0) is 9.84 Å². The highest BCUT2D eigenvalue weighted by molar-refractivity contribution is 7.90. The van der Waals surface area contributed by atoms with Crippen LogP contribution in [-0.4, -0.2) is 35.7 Å². The van der Waals surface area contributed by atoms with Crippen LogP contribution in [0.2, 0.25) is 0 Å². The van der Waals surface area contributed by atoms with Crippen LogP contribution in [0.15, 0.2) is 17.4 Å². The summed E-state index contributed by atoms with van der Waals surface area (Å²) in [5.74, 6) is -1.28. The maximum atomic E-state index is 10.9. The second kappa shape index (κ2) is 3.09. The largest absolute Gasteiger partial charge is 0.477 e. The van der Waals surface area contributed by atoms with E-state index in [1.54, 1.807) is 0 Å². The van der Waals surface area contributed by atoms with Gasteiger partial charge in [-0.3, -0.25) is 0 Å². The molecule has 0 saturated heterocycles. The highest BCUT2D eigenvalue weighted by atomic mass is 32.2. The van der Waals surface area contributed by atoms with E-state index in [2.05, 4.69) is 9.97 Å². The molecule has 1 N–H and O–H groups in total. The van der Waals surface area contributed by atoms with Crippen molar-refractivity contribution in [1.82, 2.24) is 9.97 Å². The number of rotatable bonds is 2. The zero-order valence-corrected chi connectivity index (χ0v) is 7.45. The minimum atomic E-state index is -3.47. The van der Waals surface area contributed by atoms with Crippen LogP contribution >= 0.6 is 0 Å². The van der Waals surface area contributed by atoms with Gasteiger partial charge < -0.3 is 5.11 Å². The minimum Gasteiger partial charge on any atom is -0.477 e. The van der Waals surface area contributed by atoms with Crippen LogP contribution in [0.25, 0.3) is 0 Å². The molecule has 0 bridgehead atoms. The molecule has 0 saturated carbocycles. The minimum absolute atomic E-state index is 0.292. The Morgan fingerprint density at radius 2 is 2.08 bits per heavy atom. The molecule has 0 atom stereocenters. The highest BCUT2D eigenvalue weighted by Gasteiger charge is 2.12. The van der Waals surface area contributed by atoms with E-state index in [0.29, 0.717) is 0 Å². The summed E-state index contributed by atoms with van der Waals surface area (Å²) in [6.07, 6.45) is 1.85. The summed E-state index contributed by atoms with van der Waals surface area (Å²) >= 11 is 0. The van der Waals surface area contributed by atoms with E-state index >= 15 is 0 Å². The van der Waals surface area contributed by atoms with Gasteiger partial charge >= 0.3 is 5.97 Å². The first-order chi connectivity index (χ1) is 5.91. The number of carboxylic acids is 1. The number of aromatic carboxylic acids is 1. The van der Waals surface area contributed by atoms with Crippen LogP contribution in [0, 0.1) is 0 Å². The van der Waals surface area contributed by atoms with E-state index in [-0.39, 0.29) is 10.7 Å². The molecule has 0 aliphatic carbocycles. The zero-order valence-electron chi connectivity index (χ0n) is 6.63. The van der Waals surface area contributed by atoms with Crippen molar-refractivity contribution >= 4 is 15.8 Å². The summed E-state index contributed by atoms with van der Waals surface area (Å²) in [6, 6.07) is 0.914. The van der Waals surface area contributed by atoms with Crippen LogP contribution < -0.4 is 0 Å². The van der Waals surface area contributed by atoms with E-state index in [0.717, 1.165) is 18.6 Å². The van der Waals surface area contributed by atoms with Crippen LogP contribution in [0.1, 0.15) is 10.5 Å². The molecule has 0 aromatic carbocycles. The van der Waals surface area contributed by atoms with Gasteiger partial charge in [-0.25, -0.2) is 23.2 Å². The third-order valence-electron chi connectivity index (χ3n) is 1.24. The first-order valence-corrected chi connectivity index (χ1v) is 5.06. The monoisotopic (exact) mass is 202 g/mol. The number of aromatic nitrogens is 2. The molecule has 0 unspecified atom stereocenters. The van der Waals surface area contributed by atoms with Crippen molar-refractivity contribution in [3.05, 3.63) is 18.1 Å². The van der Waals surface area contributed by atoms with Gasteiger partial charge in [0, 0.05) is 12.3 Å². The lowest BCUT2D eigenvalue weighted by atomic mass is 10.4. The molecule has 0 spiro atoms. The third kappa shape index (κ3) is 2.22. The summed E-state index contributed by atoms with van der Waals surface area (Å²) in [4.78, 5) is 17.2. The second-order valence-electron chi connectivity index (χ2n) is 2.32. The summed E-state index contributed by atoms with van der Waals surface area (Å²) in [5.41, 5.74) is -0.338. The highest BCUT2D eigenvalue weighted by Crippen LogP contribution is 2.04. The fourth-order valence-electron chi connectivity index (χ4n) is 0.659. The average molecular weight is 202 g/mol. The summed E-state index contributed by atoms with van der Waals surface area (Å²) in [5, 5.41) is 8.20. The van der Waals surface area contributed by atoms with Crippen molar-refractivity contribution in [2.75, 3.05) is 6.26 Å². The quantitative estimate of drug-likeness (QED) is 0.654. The zero-order chi connectivity index (χ0) is 10.1. The van der Waals surface area contributed by atoms with E-state index in [9.17, 15) is 13.2 Å². The molecule has 70 valence electrons. The van der Waals surface area contributed by atoms with Gasteiger partial charge in [-0.1, -0.05) is 0 Å². The predicted octanol–water partition coefficient (Wildman–Crippen LogP) is -0.422. The average Bonchev–Trinajstić information content (AvgIpc) is 2.03. The molecule has 6 nitrogen and oxygen atoms in total. The Kier molecular flexibility index (Phi) is 2.28. The van der Waals surface area contributed by atoms with Gasteiger partial charge in [-0.2, -0.15) is 0 Å². The Balaban J connectivity index is 3.29. The fraction of sp³-hybridized carbons (Fsp3) is 0.167. The first-order valence-electron chi connectivity index (χ1n) is 3.16. The van der Waals surface area contributed by atoms with E-state index in [4.69, 9.17) is 5.11 Å². The number of sulfone groups is 1. The Bertz CT molecular complexity index is 440. The maximum Gasteiger partial charge on any atom is 0.354 e. The second-order valence-corrected chi connectivity index (χ2v) is 4.28. The van der Waals surface area contributed by atoms with Crippen molar-refractivity contribution < 1.29 is 18.3 Å². The lowest BCUT2D eigenvalue weighted by Gasteiger charge is -1.96. The molecular formula is C6H6N2O4S. The van der Waals surface area contributed by atoms with Gasteiger partial charge in [0.1, 0.15) is 6.33 Å². The van der Waals surface area contributed by atoms with Gasteiger partial charge in [0.05, 0.1) is 0 Å². The molecule has 7 heteroatoms. The smallest absolute Gasteiger partial charge is 0.354 e. The maximum absolute atomic E-state index is 10.9. The lowest BCUT2D eigenvalue weighted by molar-refractivity contribution is 0.0690. The van der Waals surface area contributed by atoms with E-state index in [1.807, 2.05) is 0 Å². The normalized spacial score (nSPS) is 11.2. The summed E-state index contributed by atoms with van der Waals surface area (Å²) < 4.78 is 21.8.